The first-order chi connectivity index (χ1) is 5.74. The van der Waals surface area contributed by atoms with Crippen molar-refractivity contribution in [3.8, 4) is 0 Å². The third-order valence-corrected chi connectivity index (χ3v) is 3.51. The van der Waals surface area contributed by atoms with Crippen molar-refractivity contribution in [2.24, 2.45) is 5.92 Å². The van der Waals surface area contributed by atoms with E-state index in [0.717, 1.165) is 5.92 Å². The molecule has 0 radical (unpaired) electrons. The summed E-state index contributed by atoms with van der Waals surface area (Å²) in [6, 6.07) is 0.602. The Morgan fingerprint density at radius 2 is 2.33 bits per heavy atom. The molecule has 0 aromatic heterocycles. The van der Waals surface area contributed by atoms with Crippen molar-refractivity contribution in [1.82, 2.24) is 5.32 Å². The fourth-order valence-electron chi connectivity index (χ4n) is 1.65. The summed E-state index contributed by atoms with van der Waals surface area (Å²) in [5.74, 6) is 3.53. The molecule has 1 aliphatic heterocycles. The zero-order valence-corrected chi connectivity index (χ0v) is 9.08. The molecule has 1 fully saturated rings. The molecule has 1 saturated heterocycles. The second kappa shape index (κ2) is 4.93. The van der Waals surface area contributed by atoms with Gasteiger partial charge in [-0.3, -0.25) is 0 Å². The van der Waals surface area contributed by atoms with E-state index < -0.39 is 0 Å². The summed E-state index contributed by atoms with van der Waals surface area (Å²) >= 11 is 2.08. The molecule has 1 N–H and O–H groups in total. The molecule has 1 aliphatic rings. The van der Waals surface area contributed by atoms with Crippen molar-refractivity contribution in [2.75, 3.05) is 18.6 Å². The monoisotopic (exact) mass is 185 g/mol. The van der Waals surface area contributed by atoms with E-state index in [1.807, 2.05) is 0 Å². The molecule has 2 atom stereocenters. The van der Waals surface area contributed by atoms with E-state index in [2.05, 4.69) is 44.0 Å². The topological polar surface area (TPSA) is 12.0 Å². The minimum absolute atomic E-state index is 0.602. The zero-order valence-electron chi connectivity index (χ0n) is 8.26. The smallest absolute Gasteiger partial charge is 0.0286 e. The van der Waals surface area contributed by atoms with Crippen LogP contribution in [0.1, 0.15) is 20.3 Å². The van der Waals surface area contributed by atoms with E-state index in [1.165, 1.54) is 23.5 Å². The highest BCUT2D eigenvalue weighted by atomic mass is 32.2. The molecule has 0 amide bonds. The Bertz CT molecular complexity index is 155. The van der Waals surface area contributed by atoms with Gasteiger partial charge in [0.15, 0.2) is 0 Å². The number of hydrogen-bond donors (Lipinski definition) is 1. The number of thioether (sulfide) groups is 1. The second-order valence-corrected chi connectivity index (χ2v) is 4.83. The lowest BCUT2D eigenvalue weighted by Gasteiger charge is -2.19. The summed E-state index contributed by atoms with van der Waals surface area (Å²) in [6.45, 7) is 4.35. The Kier molecular flexibility index (Phi) is 4.16. The maximum absolute atomic E-state index is 3.39. The van der Waals surface area contributed by atoms with Gasteiger partial charge in [0.1, 0.15) is 0 Å². The van der Waals surface area contributed by atoms with Crippen LogP contribution in [0.3, 0.4) is 0 Å². The summed E-state index contributed by atoms with van der Waals surface area (Å²) in [4.78, 5) is 0. The normalized spacial score (nSPS) is 25.4. The number of allylic oxidation sites excluding steroid dienone is 1. The molecule has 1 rings (SSSR count). The third-order valence-electron chi connectivity index (χ3n) is 2.32. The molecule has 0 bridgehead atoms. The van der Waals surface area contributed by atoms with E-state index >= 15 is 0 Å². The molecule has 0 aromatic carbocycles. The van der Waals surface area contributed by atoms with Gasteiger partial charge >= 0.3 is 0 Å². The van der Waals surface area contributed by atoms with E-state index in [4.69, 9.17) is 0 Å². The minimum Gasteiger partial charge on any atom is -0.313 e. The highest BCUT2D eigenvalue weighted by molar-refractivity contribution is 7.99. The lowest BCUT2D eigenvalue weighted by Crippen LogP contribution is -2.31. The van der Waals surface area contributed by atoms with Crippen molar-refractivity contribution < 1.29 is 0 Å². The SMILES string of the molecule is CNC(C=C(C)C)C1CCSC1. The highest BCUT2D eigenvalue weighted by Gasteiger charge is 2.22. The van der Waals surface area contributed by atoms with Crippen molar-refractivity contribution >= 4 is 11.8 Å². The Balaban J connectivity index is 2.49. The molecular weight excluding hydrogens is 166 g/mol. The molecule has 0 aliphatic carbocycles. The lowest BCUT2D eigenvalue weighted by atomic mass is 9.98. The van der Waals surface area contributed by atoms with E-state index in [0.29, 0.717) is 6.04 Å². The molecule has 2 unspecified atom stereocenters. The van der Waals surface area contributed by atoms with Crippen LogP contribution < -0.4 is 5.32 Å². The average molecular weight is 185 g/mol. The maximum Gasteiger partial charge on any atom is 0.0286 e. The van der Waals surface area contributed by atoms with E-state index in [9.17, 15) is 0 Å². The predicted octanol–water partition coefficient (Wildman–Crippen LogP) is 2.29. The van der Waals surface area contributed by atoms with Crippen molar-refractivity contribution in [2.45, 2.75) is 26.3 Å². The second-order valence-electron chi connectivity index (χ2n) is 3.68. The van der Waals surface area contributed by atoms with E-state index in [1.54, 1.807) is 0 Å². The standard InChI is InChI=1S/C10H19NS/c1-8(2)6-10(11-3)9-4-5-12-7-9/h6,9-11H,4-5,7H2,1-3H3. The minimum atomic E-state index is 0.602. The quantitative estimate of drug-likeness (QED) is 0.677. The Labute approximate surface area is 80.0 Å². The van der Waals surface area contributed by atoms with Gasteiger partial charge in [0.25, 0.3) is 0 Å². The van der Waals surface area contributed by atoms with Gasteiger partial charge in [0.2, 0.25) is 0 Å². The van der Waals surface area contributed by atoms with Gasteiger partial charge in [0, 0.05) is 6.04 Å². The first-order valence-electron chi connectivity index (χ1n) is 4.64. The van der Waals surface area contributed by atoms with Crippen LogP contribution in [0.5, 0.6) is 0 Å². The first-order valence-corrected chi connectivity index (χ1v) is 5.79. The van der Waals surface area contributed by atoms with Gasteiger partial charge in [0.05, 0.1) is 0 Å². The maximum atomic E-state index is 3.39. The first kappa shape index (κ1) is 10.1. The summed E-state index contributed by atoms with van der Waals surface area (Å²) in [7, 11) is 2.06. The third kappa shape index (κ3) is 2.83. The largest absolute Gasteiger partial charge is 0.313 e. The van der Waals surface area contributed by atoms with Crippen LogP contribution in [0.25, 0.3) is 0 Å². The predicted molar refractivity (Wildman–Crippen MR) is 57.7 cm³/mol. The molecule has 12 heavy (non-hydrogen) atoms. The number of hydrogen-bond acceptors (Lipinski definition) is 2. The Hall–Kier alpha value is 0.0500. The zero-order chi connectivity index (χ0) is 8.97. The summed E-state index contributed by atoms with van der Waals surface area (Å²) in [6.07, 6.45) is 3.73. The molecule has 2 heteroatoms. The average Bonchev–Trinajstić information content (AvgIpc) is 2.51. The molecule has 0 spiro atoms. The molecule has 1 heterocycles. The molecule has 0 saturated carbocycles. The molecular formula is C10H19NS. The highest BCUT2D eigenvalue weighted by Crippen LogP contribution is 2.26. The van der Waals surface area contributed by atoms with Gasteiger partial charge in [-0.25, -0.2) is 0 Å². The molecule has 1 nitrogen and oxygen atoms in total. The van der Waals surface area contributed by atoms with Gasteiger partial charge in [-0.1, -0.05) is 11.6 Å². The fraction of sp³-hybridized carbons (Fsp3) is 0.800. The molecule has 0 aromatic rings. The van der Waals surface area contributed by atoms with Gasteiger partial charge in [-0.05, 0) is 44.7 Å². The van der Waals surface area contributed by atoms with Crippen LogP contribution >= 0.6 is 11.8 Å². The van der Waals surface area contributed by atoms with Crippen LogP contribution in [-0.2, 0) is 0 Å². The number of nitrogens with one attached hydrogen (secondary N) is 1. The van der Waals surface area contributed by atoms with Crippen LogP contribution in [-0.4, -0.2) is 24.6 Å². The van der Waals surface area contributed by atoms with Crippen molar-refractivity contribution in [3.63, 3.8) is 0 Å². The Morgan fingerprint density at radius 1 is 1.58 bits per heavy atom. The summed E-state index contributed by atoms with van der Waals surface area (Å²) < 4.78 is 0. The lowest BCUT2D eigenvalue weighted by molar-refractivity contribution is 0.470. The van der Waals surface area contributed by atoms with Gasteiger partial charge in [-0.2, -0.15) is 11.8 Å². The van der Waals surface area contributed by atoms with Crippen molar-refractivity contribution in [1.29, 1.82) is 0 Å². The van der Waals surface area contributed by atoms with E-state index in [-0.39, 0.29) is 0 Å². The van der Waals surface area contributed by atoms with Gasteiger partial charge in [-0.15, -0.1) is 0 Å². The fourth-order valence-corrected chi connectivity index (χ4v) is 2.96. The summed E-state index contributed by atoms with van der Waals surface area (Å²) in [5, 5.41) is 3.39. The number of likely N-dealkylation sites (N-methyl/N-ethyl adjacent to an activating group) is 1. The van der Waals surface area contributed by atoms with Crippen LogP contribution in [0, 0.1) is 5.92 Å². The van der Waals surface area contributed by atoms with Gasteiger partial charge < -0.3 is 5.32 Å². The Morgan fingerprint density at radius 3 is 2.75 bits per heavy atom. The van der Waals surface area contributed by atoms with Crippen LogP contribution in [0.2, 0.25) is 0 Å². The summed E-state index contributed by atoms with van der Waals surface area (Å²) in [5.41, 5.74) is 1.42. The number of rotatable bonds is 3. The van der Waals surface area contributed by atoms with Crippen LogP contribution in [0.4, 0.5) is 0 Å². The van der Waals surface area contributed by atoms with Crippen molar-refractivity contribution in [3.05, 3.63) is 11.6 Å². The molecule has 70 valence electrons. The van der Waals surface area contributed by atoms with Crippen LogP contribution in [0.15, 0.2) is 11.6 Å².